The highest BCUT2D eigenvalue weighted by Crippen LogP contribution is 2.31. The van der Waals surface area contributed by atoms with E-state index in [1.165, 1.54) is 17.7 Å². The molecule has 39 heavy (non-hydrogen) atoms. The number of allylic oxidation sites excluding steroid dienone is 2. The normalized spacial score (nSPS) is 13.5. The highest BCUT2D eigenvalue weighted by Gasteiger charge is 2.27. The third-order valence-electron chi connectivity index (χ3n) is 6.12. The van der Waals surface area contributed by atoms with Gasteiger partial charge >= 0.3 is 0 Å². The summed E-state index contributed by atoms with van der Waals surface area (Å²) in [6.45, 7) is 15.8. The topological polar surface area (TPSA) is 29.5 Å². The van der Waals surface area contributed by atoms with Gasteiger partial charge in [0.2, 0.25) is 0 Å². The fraction of sp³-hybridized carbons (Fsp3) is 0.343. The lowest BCUT2D eigenvalue weighted by Crippen LogP contribution is -2.40. The number of halogens is 1. The number of hydrogen-bond donors (Lipinski definition) is 0. The van der Waals surface area contributed by atoms with Crippen LogP contribution in [0.1, 0.15) is 76.7 Å². The Morgan fingerprint density at radius 2 is 1.67 bits per heavy atom. The van der Waals surface area contributed by atoms with Crippen LogP contribution in [-0.2, 0) is 6.54 Å². The van der Waals surface area contributed by atoms with Gasteiger partial charge in [-0.3, -0.25) is 4.79 Å². The summed E-state index contributed by atoms with van der Waals surface area (Å²) in [5.41, 5.74) is 4.77. The summed E-state index contributed by atoms with van der Waals surface area (Å²) < 4.78 is 18.8. The van der Waals surface area contributed by atoms with E-state index in [-0.39, 0.29) is 17.8 Å². The fourth-order valence-corrected chi connectivity index (χ4v) is 4.25. The Kier molecular flexibility index (Phi) is 15.9. The summed E-state index contributed by atoms with van der Waals surface area (Å²) in [6, 6.07) is 22.0. The Balaban J connectivity index is 0.000000996. The van der Waals surface area contributed by atoms with Crippen LogP contribution in [0, 0.1) is 5.82 Å². The van der Waals surface area contributed by atoms with Crippen LogP contribution >= 0.6 is 0 Å². The van der Waals surface area contributed by atoms with Crippen LogP contribution in [0.4, 0.5) is 4.39 Å². The van der Waals surface area contributed by atoms with Crippen LogP contribution in [0.25, 0.3) is 11.1 Å². The van der Waals surface area contributed by atoms with Crippen molar-refractivity contribution in [1.29, 1.82) is 0 Å². The maximum atomic E-state index is 13.9. The number of carbonyl (C=O) groups excluding carboxylic acids is 1. The Bertz CT molecular complexity index is 1170. The van der Waals surface area contributed by atoms with Crippen LogP contribution < -0.4 is 4.74 Å². The zero-order chi connectivity index (χ0) is 29.2. The number of hydrogen-bond acceptors (Lipinski definition) is 2. The van der Waals surface area contributed by atoms with Gasteiger partial charge in [0.25, 0.3) is 5.91 Å². The predicted molar refractivity (Wildman–Crippen MR) is 165 cm³/mol. The molecule has 0 saturated heterocycles. The molecule has 0 radical (unpaired) electrons. The van der Waals surface area contributed by atoms with E-state index in [0.717, 1.165) is 41.7 Å². The molecule has 0 N–H and O–H groups in total. The smallest absolute Gasteiger partial charge is 0.255 e. The van der Waals surface area contributed by atoms with Gasteiger partial charge in [0, 0.05) is 18.2 Å². The van der Waals surface area contributed by atoms with Crippen molar-refractivity contribution < 1.29 is 13.9 Å². The number of benzene rings is 3. The molecule has 1 aliphatic rings. The number of ether oxygens (including phenoxy) is 1. The molecule has 0 spiro atoms. The minimum atomic E-state index is -0.272. The molecule has 3 nitrogen and oxygen atoms in total. The second-order valence-corrected chi connectivity index (χ2v) is 8.72. The largest absolute Gasteiger partial charge is 0.497 e. The molecule has 1 amide bonds. The van der Waals surface area contributed by atoms with Crippen molar-refractivity contribution in [2.24, 2.45) is 0 Å². The van der Waals surface area contributed by atoms with Crippen LogP contribution in [-0.4, -0.2) is 24.0 Å². The lowest BCUT2D eigenvalue weighted by molar-refractivity contribution is 0.0648. The zero-order valence-electron chi connectivity index (χ0n) is 24.8. The first-order chi connectivity index (χ1) is 19.0. The zero-order valence-corrected chi connectivity index (χ0v) is 24.8. The molecule has 0 saturated carbocycles. The molecule has 3 aromatic rings. The second-order valence-electron chi connectivity index (χ2n) is 8.72. The highest BCUT2D eigenvalue weighted by molar-refractivity contribution is 6.01. The third-order valence-corrected chi connectivity index (χ3v) is 6.12. The van der Waals surface area contributed by atoms with E-state index in [0.29, 0.717) is 12.1 Å². The molecular formula is C35H46FNO2. The predicted octanol–water partition coefficient (Wildman–Crippen LogP) is 9.89. The molecule has 1 atom stereocenters. The maximum absolute atomic E-state index is 13.9. The summed E-state index contributed by atoms with van der Waals surface area (Å²) in [4.78, 5) is 15.9. The van der Waals surface area contributed by atoms with Crippen molar-refractivity contribution in [1.82, 2.24) is 4.90 Å². The average Bonchev–Trinajstić information content (AvgIpc) is 2.99. The van der Waals surface area contributed by atoms with Crippen LogP contribution in [0.15, 0.2) is 97.1 Å². The first-order valence-electron chi connectivity index (χ1n) is 14.0. The Morgan fingerprint density at radius 1 is 1.03 bits per heavy atom. The molecule has 3 aromatic carbocycles. The van der Waals surface area contributed by atoms with Gasteiger partial charge in [-0.05, 0) is 80.1 Å². The molecule has 4 rings (SSSR count). The second kappa shape index (κ2) is 18.6. The quantitative estimate of drug-likeness (QED) is 0.296. The average molecular weight is 532 g/mol. The van der Waals surface area contributed by atoms with Gasteiger partial charge in [-0.15, -0.1) is 6.58 Å². The van der Waals surface area contributed by atoms with Crippen molar-refractivity contribution in [2.45, 2.75) is 73.4 Å². The number of carbonyl (C=O) groups is 1. The summed E-state index contributed by atoms with van der Waals surface area (Å²) >= 11 is 0. The van der Waals surface area contributed by atoms with Gasteiger partial charge in [0.1, 0.15) is 11.6 Å². The van der Waals surface area contributed by atoms with Crippen molar-refractivity contribution >= 4 is 5.91 Å². The summed E-state index contributed by atoms with van der Waals surface area (Å²) in [5.74, 6) is 0.470. The van der Waals surface area contributed by atoms with Crippen molar-refractivity contribution in [3.63, 3.8) is 0 Å². The molecular weight excluding hydrogens is 485 g/mol. The van der Waals surface area contributed by atoms with Crippen molar-refractivity contribution in [3.8, 4) is 16.9 Å². The summed E-state index contributed by atoms with van der Waals surface area (Å²) in [7, 11) is 1.64. The SMILES string of the molecule is C=CC.CC.CC.COc1cccc(-c2ccccc2C(=O)N(Cc2ccc(F)cc2)C2CC=C(C)CC2)c1. The van der Waals surface area contributed by atoms with Gasteiger partial charge in [-0.2, -0.15) is 0 Å². The van der Waals surface area contributed by atoms with Gasteiger partial charge in [0.05, 0.1) is 7.11 Å². The van der Waals surface area contributed by atoms with Gasteiger partial charge in [-0.25, -0.2) is 4.39 Å². The van der Waals surface area contributed by atoms with E-state index in [4.69, 9.17) is 4.74 Å². The van der Waals surface area contributed by atoms with Crippen molar-refractivity contribution in [3.05, 3.63) is 114 Å². The Hall–Kier alpha value is -3.66. The van der Waals surface area contributed by atoms with Crippen LogP contribution in [0.3, 0.4) is 0 Å². The van der Waals surface area contributed by atoms with E-state index >= 15 is 0 Å². The maximum Gasteiger partial charge on any atom is 0.255 e. The standard InChI is InChI=1S/C28H28FNO2.C3H6.2C2H6/c1-20-10-16-24(17-11-20)30(19-21-12-14-23(29)15-13-21)28(31)27-9-4-3-8-26(27)22-6-5-7-25(18-22)32-2;1-3-2;2*1-2/h3-10,12-15,18,24H,11,16-17,19H2,1-2H3;3H,1H2,2H3;2*1-2H3. The molecule has 0 aliphatic heterocycles. The minimum Gasteiger partial charge on any atom is -0.497 e. The number of nitrogens with zero attached hydrogens (tertiary/aromatic N) is 1. The molecule has 1 unspecified atom stereocenters. The minimum absolute atomic E-state index is 0.00861. The number of rotatable bonds is 6. The van der Waals surface area contributed by atoms with Crippen LogP contribution in [0.2, 0.25) is 0 Å². The molecule has 1 aliphatic carbocycles. The third kappa shape index (κ3) is 10.2. The van der Waals surface area contributed by atoms with Gasteiger partial charge in [0.15, 0.2) is 0 Å². The first kappa shape index (κ1) is 33.4. The van der Waals surface area contributed by atoms with E-state index in [1.54, 1.807) is 25.3 Å². The van der Waals surface area contributed by atoms with Gasteiger partial charge in [-0.1, -0.05) is 87.9 Å². The lowest BCUT2D eigenvalue weighted by Gasteiger charge is -2.34. The van der Waals surface area contributed by atoms with Crippen LogP contribution in [0.5, 0.6) is 5.75 Å². The molecule has 0 bridgehead atoms. The Morgan fingerprint density at radius 3 is 2.26 bits per heavy atom. The molecule has 0 aromatic heterocycles. The Labute approximate surface area is 236 Å². The number of amides is 1. The fourth-order valence-electron chi connectivity index (χ4n) is 4.25. The number of methoxy groups -OCH3 is 1. The van der Waals surface area contributed by atoms with Gasteiger partial charge < -0.3 is 9.64 Å². The molecule has 210 valence electrons. The molecule has 0 heterocycles. The van der Waals surface area contributed by atoms with E-state index < -0.39 is 0 Å². The van der Waals surface area contributed by atoms with E-state index in [9.17, 15) is 9.18 Å². The monoisotopic (exact) mass is 531 g/mol. The summed E-state index contributed by atoms with van der Waals surface area (Å²) in [5, 5.41) is 0. The van der Waals surface area contributed by atoms with E-state index in [1.807, 2.05) is 88.0 Å². The first-order valence-corrected chi connectivity index (χ1v) is 14.0. The highest BCUT2D eigenvalue weighted by atomic mass is 19.1. The molecule has 0 fully saturated rings. The van der Waals surface area contributed by atoms with E-state index in [2.05, 4.69) is 19.6 Å². The summed E-state index contributed by atoms with van der Waals surface area (Å²) in [6.07, 6.45) is 6.72. The van der Waals surface area contributed by atoms with Crippen molar-refractivity contribution in [2.75, 3.05) is 7.11 Å². The molecule has 4 heteroatoms. The lowest BCUT2D eigenvalue weighted by atomic mass is 9.93.